The Hall–Kier alpha value is -2.95. The number of carbonyl (C=O) groups is 1. The summed E-state index contributed by atoms with van der Waals surface area (Å²) in [7, 11) is 0. The molecular weight excluding hydrogens is 292 g/mol. The van der Waals surface area contributed by atoms with Crippen LogP contribution in [0.15, 0.2) is 53.1 Å². The van der Waals surface area contributed by atoms with Crippen LogP contribution in [0.3, 0.4) is 0 Å². The fourth-order valence-electron chi connectivity index (χ4n) is 2.22. The van der Waals surface area contributed by atoms with Gasteiger partial charge in [0.1, 0.15) is 5.75 Å². The molecule has 1 heterocycles. The van der Waals surface area contributed by atoms with Gasteiger partial charge in [-0.1, -0.05) is 29.4 Å². The maximum absolute atomic E-state index is 12.0. The van der Waals surface area contributed by atoms with Crippen LogP contribution in [-0.4, -0.2) is 16.1 Å². The molecule has 2 aromatic carbocycles. The van der Waals surface area contributed by atoms with Gasteiger partial charge in [-0.3, -0.25) is 4.79 Å². The Labute approximate surface area is 133 Å². The van der Waals surface area contributed by atoms with Crippen molar-refractivity contribution in [3.63, 3.8) is 0 Å². The summed E-state index contributed by atoms with van der Waals surface area (Å²) in [5.41, 5.74) is 2.85. The number of aryl methyl sites for hydroxylation is 2. The highest BCUT2D eigenvalue weighted by Gasteiger charge is 2.10. The van der Waals surface area contributed by atoms with Gasteiger partial charge in [-0.25, -0.2) is 0 Å². The summed E-state index contributed by atoms with van der Waals surface area (Å²) in [6.45, 7) is 3.71. The first-order chi connectivity index (χ1) is 11.1. The van der Waals surface area contributed by atoms with Gasteiger partial charge in [0.15, 0.2) is 0 Å². The monoisotopic (exact) mass is 308 g/mol. The van der Waals surface area contributed by atoms with E-state index in [0.717, 1.165) is 16.7 Å². The number of rotatable bonds is 4. The molecule has 0 radical (unpaired) electrons. The molecule has 0 bridgehead atoms. The average molecular weight is 308 g/mol. The number of ether oxygens (including phenoxy) is 1. The van der Waals surface area contributed by atoms with E-state index in [2.05, 4.69) is 10.1 Å². The molecule has 116 valence electrons. The van der Waals surface area contributed by atoms with Gasteiger partial charge >= 0.3 is 5.97 Å². The van der Waals surface area contributed by atoms with Crippen LogP contribution in [0.4, 0.5) is 0 Å². The lowest BCUT2D eigenvalue weighted by Crippen LogP contribution is -2.11. The van der Waals surface area contributed by atoms with E-state index in [1.807, 2.05) is 31.2 Å². The standard InChI is InChI=1S/C18H16N2O3/c1-12-5-3-4-6-15(12)11-17(21)22-16-9-7-14(8-10-16)18-19-13(2)23-20-18/h3-10H,11H2,1-2H3. The fraction of sp³-hybridized carbons (Fsp3) is 0.167. The highest BCUT2D eigenvalue weighted by atomic mass is 16.5. The van der Waals surface area contributed by atoms with Crippen molar-refractivity contribution in [2.75, 3.05) is 0 Å². The van der Waals surface area contributed by atoms with Gasteiger partial charge in [-0.2, -0.15) is 4.98 Å². The molecule has 0 aliphatic rings. The minimum absolute atomic E-state index is 0.248. The summed E-state index contributed by atoms with van der Waals surface area (Å²) in [5.74, 6) is 1.23. The Balaban J connectivity index is 1.66. The normalized spacial score (nSPS) is 10.5. The number of carbonyl (C=O) groups excluding carboxylic acids is 1. The van der Waals surface area contributed by atoms with Gasteiger partial charge in [0.05, 0.1) is 6.42 Å². The molecule has 0 fully saturated rings. The third-order valence-corrected chi connectivity index (χ3v) is 3.47. The summed E-state index contributed by atoms with van der Waals surface area (Å²) in [4.78, 5) is 16.2. The summed E-state index contributed by atoms with van der Waals surface area (Å²) in [6.07, 6.45) is 0.248. The van der Waals surface area contributed by atoms with Crippen molar-refractivity contribution < 1.29 is 14.1 Å². The predicted molar refractivity (Wildman–Crippen MR) is 85.0 cm³/mol. The van der Waals surface area contributed by atoms with Crippen molar-refractivity contribution in [3.8, 4) is 17.1 Å². The molecule has 0 N–H and O–H groups in total. The minimum Gasteiger partial charge on any atom is -0.426 e. The van der Waals surface area contributed by atoms with Crippen LogP contribution in [0.25, 0.3) is 11.4 Å². The molecule has 0 spiro atoms. The first kappa shape index (κ1) is 15.0. The Kier molecular flexibility index (Phi) is 4.19. The second-order valence-corrected chi connectivity index (χ2v) is 5.24. The number of hydrogen-bond acceptors (Lipinski definition) is 5. The third-order valence-electron chi connectivity index (χ3n) is 3.47. The zero-order valence-electron chi connectivity index (χ0n) is 12.9. The van der Waals surface area contributed by atoms with E-state index >= 15 is 0 Å². The highest BCUT2D eigenvalue weighted by molar-refractivity contribution is 5.75. The number of aromatic nitrogens is 2. The lowest BCUT2D eigenvalue weighted by Gasteiger charge is -2.06. The van der Waals surface area contributed by atoms with Crippen LogP contribution in [0.5, 0.6) is 5.75 Å². The van der Waals surface area contributed by atoms with Crippen molar-refractivity contribution in [2.45, 2.75) is 20.3 Å². The Morgan fingerprint density at radius 3 is 2.48 bits per heavy atom. The zero-order chi connectivity index (χ0) is 16.2. The second-order valence-electron chi connectivity index (χ2n) is 5.24. The molecule has 0 saturated carbocycles. The van der Waals surface area contributed by atoms with Gasteiger partial charge in [0.2, 0.25) is 11.7 Å². The highest BCUT2D eigenvalue weighted by Crippen LogP contribution is 2.20. The van der Waals surface area contributed by atoms with E-state index in [9.17, 15) is 4.79 Å². The van der Waals surface area contributed by atoms with Crippen molar-refractivity contribution >= 4 is 5.97 Å². The van der Waals surface area contributed by atoms with E-state index in [0.29, 0.717) is 17.5 Å². The van der Waals surface area contributed by atoms with E-state index in [1.165, 1.54) is 0 Å². The van der Waals surface area contributed by atoms with Crippen LogP contribution in [0.2, 0.25) is 0 Å². The summed E-state index contributed by atoms with van der Waals surface area (Å²) in [6, 6.07) is 14.8. The van der Waals surface area contributed by atoms with Crippen LogP contribution >= 0.6 is 0 Å². The van der Waals surface area contributed by atoms with E-state index < -0.39 is 0 Å². The Bertz CT molecular complexity index is 822. The molecular formula is C18H16N2O3. The summed E-state index contributed by atoms with van der Waals surface area (Å²) < 4.78 is 10.3. The van der Waals surface area contributed by atoms with E-state index in [-0.39, 0.29) is 12.4 Å². The van der Waals surface area contributed by atoms with E-state index in [4.69, 9.17) is 9.26 Å². The maximum Gasteiger partial charge on any atom is 0.315 e. The lowest BCUT2D eigenvalue weighted by atomic mass is 10.1. The largest absolute Gasteiger partial charge is 0.426 e. The molecule has 5 nitrogen and oxygen atoms in total. The first-order valence-electron chi connectivity index (χ1n) is 7.28. The van der Waals surface area contributed by atoms with Crippen LogP contribution < -0.4 is 4.74 Å². The van der Waals surface area contributed by atoms with E-state index in [1.54, 1.807) is 31.2 Å². The average Bonchev–Trinajstić information content (AvgIpc) is 2.97. The van der Waals surface area contributed by atoms with Crippen LogP contribution in [0.1, 0.15) is 17.0 Å². The third kappa shape index (κ3) is 3.63. The van der Waals surface area contributed by atoms with Crippen molar-refractivity contribution in [2.24, 2.45) is 0 Å². The molecule has 5 heteroatoms. The van der Waals surface area contributed by atoms with Crippen molar-refractivity contribution in [1.29, 1.82) is 0 Å². The molecule has 0 saturated heterocycles. The Morgan fingerprint density at radius 2 is 1.83 bits per heavy atom. The van der Waals surface area contributed by atoms with Crippen molar-refractivity contribution in [3.05, 3.63) is 65.5 Å². The minimum atomic E-state index is -0.289. The molecule has 0 aliphatic heterocycles. The molecule has 1 aromatic heterocycles. The number of nitrogens with zero attached hydrogens (tertiary/aromatic N) is 2. The fourth-order valence-corrected chi connectivity index (χ4v) is 2.22. The smallest absolute Gasteiger partial charge is 0.315 e. The molecule has 0 amide bonds. The van der Waals surface area contributed by atoms with Crippen molar-refractivity contribution in [1.82, 2.24) is 10.1 Å². The summed E-state index contributed by atoms with van der Waals surface area (Å²) >= 11 is 0. The van der Waals surface area contributed by atoms with Crippen LogP contribution in [-0.2, 0) is 11.2 Å². The summed E-state index contributed by atoms with van der Waals surface area (Å²) in [5, 5.41) is 3.85. The lowest BCUT2D eigenvalue weighted by molar-refractivity contribution is -0.133. The SMILES string of the molecule is Cc1nc(-c2ccc(OC(=O)Cc3ccccc3C)cc2)no1. The predicted octanol–water partition coefficient (Wildman–Crippen LogP) is 3.50. The molecule has 0 atom stereocenters. The van der Waals surface area contributed by atoms with Gasteiger partial charge in [-0.15, -0.1) is 0 Å². The zero-order valence-corrected chi connectivity index (χ0v) is 12.9. The Morgan fingerprint density at radius 1 is 1.09 bits per heavy atom. The topological polar surface area (TPSA) is 65.2 Å². The molecule has 23 heavy (non-hydrogen) atoms. The second kappa shape index (κ2) is 6.44. The quantitative estimate of drug-likeness (QED) is 0.545. The van der Waals surface area contributed by atoms with Gasteiger partial charge in [-0.05, 0) is 42.3 Å². The first-order valence-corrected chi connectivity index (χ1v) is 7.28. The molecule has 0 aliphatic carbocycles. The maximum atomic E-state index is 12.0. The number of benzene rings is 2. The van der Waals surface area contributed by atoms with Gasteiger partial charge < -0.3 is 9.26 Å². The molecule has 3 aromatic rings. The van der Waals surface area contributed by atoms with Gasteiger partial charge in [0.25, 0.3) is 0 Å². The number of esters is 1. The molecule has 3 rings (SSSR count). The van der Waals surface area contributed by atoms with Crippen LogP contribution in [0, 0.1) is 13.8 Å². The number of hydrogen-bond donors (Lipinski definition) is 0. The van der Waals surface area contributed by atoms with Gasteiger partial charge in [0, 0.05) is 12.5 Å². The molecule has 0 unspecified atom stereocenters.